The average Bonchev–Trinajstić information content (AvgIpc) is 3.19. The largest absolute Gasteiger partial charge is 0.497 e. The summed E-state index contributed by atoms with van der Waals surface area (Å²) in [6.45, 7) is 7.37. The van der Waals surface area contributed by atoms with E-state index in [1.165, 1.54) is 0 Å². The van der Waals surface area contributed by atoms with Crippen LogP contribution in [0.25, 0.3) is 0 Å². The molecule has 0 aliphatic carbocycles. The van der Waals surface area contributed by atoms with Crippen LogP contribution < -0.4 is 9.82 Å². The van der Waals surface area contributed by atoms with Gasteiger partial charge in [0.15, 0.2) is 6.29 Å². The number of ether oxygens (including phenoxy) is 4. The minimum atomic E-state index is -2.60. The van der Waals surface area contributed by atoms with Crippen LogP contribution in [0, 0.1) is 0 Å². The highest BCUT2D eigenvalue weighted by Crippen LogP contribution is 2.49. The third-order valence-corrected chi connectivity index (χ3v) is 7.74. The maximum absolute atomic E-state index is 6.13. The van der Waals surface area contributed by atoms with Crippen molar-refractivity contribution >= 4 is 18.4 Å². The SMILES string of the molecule is COCCC(C)OP(=S)(NCCCCC1COC(c2ccc(OC)cc2)O1)OC(C)(C)C. The number of unbranched alkanes of at least 4 members (excludes halogenated alkanes) is 1. The fraction of sp³-hybridized carbons (Fsp3) is 0.739. The summed E-state index contributed by atoms with van der Waals surface area (Å²) in [4.78, 5) is 0. The first-order valence-electron chi connectivity index (χ1n) is 11.3. The lowest BCUT2D eigenvalue weighted by Gasteiger charge is -2.32. The molecule has 4 unspecified atom stereocenters. The van der Waals surface area contributed by atoms with E-state index >= 15 is 0 Å². The molecular formula is C23H40NO6PS. The Balaban J connectivity index is 1.73. The standard InChI is InChI=1S/C23H40NO6PS/c1-18(14-16-25-5)29-31(32,30-23(2,3)4)24-15-8-7-9-21-17-27-22(28-21)19-10-12-20(26-6)13-11-19/h10-13,18,21-22H,7-9,14-17H2,1-6H3,(H,24,32). The smallest absolute Gasteiger partial charge is 0.261 e. The Labute approximate surface area is 198 Å². The van der Waals surface area contributed by atoms with Crippen molar-refractivity contribution in [1.82, 2.24) is 5.09 Å². The Morgan fingerprint density at radius 1 is 1.19 bits per heavy atom. The molecule has 1 aromatic carbocycles. The van der Waals surface area contributed by atoms with E-state index in [0.29, 0.717) is 13.2 Å². The van der Waals surface area contributed by atoms with Gasteiger partial charge < -0.3 is 28.0 Å². The second-order valence-electron chi connectivity index (χ2n) is 9.00. The Bertz CT molecular complexity index is 711. The molecule has 0 aromatic heterocycles. The van der Waals surface area contributed by atoms with E-state index in [1.807, 2.05) is 52.0 Å². The lowest BCUT2D eigenvalue weighted by Crippen LogP contribution is -2.27. The maximum Gasteiger partial charge on any atom is 0.261 e. The summed E-state index contributed by atoms with van der Waals surface area (Å²) in [6.07, 6.45) is 3.42. The van der Waals surface area contributed by atoms with Crippen LogP contribution in [-0.4, -0.2) is 51.8 Å². The van der Waals surface area contributed by atoms with Crippen molar-refractivity contribution in [3.63, 3.8) is 0 Å². The number of nitrogens with one attached hydrogen (secondary N) is 1. The van der Waals surface area contributed by atoms with E-state index in [2.05, 4.69) is 5.09 Å². The van der Waals surface area contributed by atoms with Gasteiger partial charge in [-0.15, -0.1) is 0 Å². The van der Waals surface area contributed by atoms with E-state index in [-0.39, 0.29) is 24.1 Å². The molecule has 1 heterocycles. The van der Waals surface area contributed by atoms with Crippen LogP contribution in [0.3, 0.4) is 0 Å². The van der Waals surface area contributed by atoms with E-state index in [4.69, 9.17) is 39.8 Å². The van der Waals surface area contributed by atoms with Gasteiger partial charge in [0, 0.05) is 25.8 Å². The highest BCUT2D eigenvalue weighted by Gasteiger charge is 2.29. The van der Waals surface area contributed by atoms with Gasteiger partial charge in [0.2, 0.25) is 0 Å². The molecule has 0 amide bonds. The molecule has 2 rings (SSSR count). The number of hydrogen-bond donors (Lipinski definition) is 1. The molecule has 184 valence electrons. The summed E-state index contributed by atoms with van der Waals surface area (Å²) in [6, 6.07) is 7.79. The number of methoxy groups -OCH3 is 2. The van der Waals surface area contributed by atoms with Gasteiger partial charge in [-0.3, -0.25) is 0 Å². The molecule has 1 N–H and O–H groups in total. The fourth-order valence-electron chi connectivity index (χ4n) is 3.27. The summed E-state index contributed by atoms with van der Waals surface area (Å²) >= 11 is 5.78. The van der Waals surface area contributed by atoms with Gasteiger partial charge >= 0.3 is 0 Å². The van der Waals surface area contributed by atoms with Crippen molar-refractivity contribution in [2.75, 3.05) is 34.0 Å². The van der Waals surface area contributed by atoms with Crippen LogP contribution in [-0.2, 0) is 35.1 Å². The highest BCUT2D eigenvalue weighted by molar-refractivity contribution is 8.09. The number of hydrogen-bond acceptors (Lipinski definition) is 7. The summed E-state index contributed by atoms with van der Waals surface area (Å²) in [5.74, 6) is 0.823. The van der Waals surface area contributed by atoms with Crippen molar-refractivity contribution in [2.24, 2.45) is 0 Å². The molecule has 4 atom stereocenters. The molecule has 1 aliphatic heterocycles. The topological polar surface area (TPSA) is 67.4 Å². The summed E-state index contributed by atoms with van der Waals surface area (Å²) < 4.78 is 34.5. The molecule has 1 saturated heterocycles. The fourth-order valence-corrected chi connectivity index (χ4v) is 6.57. The molecule has 32 heavy (non-hydrogen) atoms. The first kappa shape index (κ1) is 27.7. The van der Waals surface area contributed by atoms with E-state index in [1.54, 1.807) is 14.2 Å². The van der Waals surface area contributed by atoms with Gasteiger partial charge in [-0.1, -0.05) is 12.1 Å². The monoisotopic (exact) mass is 489 g/mol. The minimum absolute atomic E-state index is 0.0328. The summed E-state index contributed by atoms with van der Waals surface area (Å²) in [5.41, 5.74) is 0.629. The van der Waals surface area contributed by atoms with Gasteiger partial charge in [-0.25, -0.2) is 5.09 Å². The normalized spacial score (nSPS) is 21.9. The second-order valence-corrected chi connectivity index (χ2v) is 12.1. The van der Waals surface area contributed by atoms with E-state index in [9.17, 15) is 0 Å². The van der Waals surface area contributed by atoms with Gasteiger partial charge in [-0.05, 0) is 77.3 Å². The Hall–Kier alpha value is -0.570. The molecule has 1 fully saturated rings. The van der Waals surface area contributed by atoms with Crippen LogP contribution >= 0.6 is 6.64 Å². The lowest BCUT2D eigenvalue weighted by molar-refractivity contribution is -0.0613. The second kappa shape index (κ2) is 13.4. The number of rotatable bonds is 14. The van der Waals surface area contributed by atoms with Crippen molar-refractivity contribution in [2.45, 2.75) is 77.5 Å². The molecule has 1 aliphatic rings. The molecule has 7 nitrogen and oxygen atoms in total. The predicted molar refractivity (Wildman–Crippen MR) is 131 cm³/mol. The number of benzene rings is 1. The summed E-state index contributed by atoms with van der Waals surface area (Å²) in [7, 11) is 3.34. The van der Waals surface area contributed by atoms with Crippen molar-refractivity contribution in [1.29, 1.82) is 0 Å². The molecule has 0 bridgehead atoms. The molecular weight excluding hydrogens is 449 g/mol. The van der Waals surface area contributed by atoms with Gasteiger partial charge in [-0.2, -0.15) is 0 Å². The zero-order valence-electron chi connectivity index (χ0n) is 20.3. The first-order chi connectivity index (χ1) is 15.1. The van der Waals surface area contributed by atoms with Crippen LogP contribution in [0.4, 0.5) is 0 Å². The molecule has 9 heteroatoms. The average molecular weight is 490 g/mol. The van der Waals surface area contributed by atoms with Crippen LogP contribution in [0.2, 0.25) is 0 Å². The molecule has 1 aromatic rings. The van der Waals surface area contributed by atoms with E-state index in [0.717, 1.165) is 43.5 Å². The van der Waals surface area contributed by atoms with Crippen LogP contribution in [0.1, 0.15) is 65.2 Å². The Morgan fingerprint density at radius 3 is 2.53 bits per heavy atom. The van der Waals surface area contributed by atoms with Crippen molar-refractivity contribution in [3.8, 4) is 5.75 Å². The highest BCUT2D eigenvalue weighted by atomic mass is 32.5. The van der Waals surface area contributed by atoms with E-state index < -0.39 is 6.64 Å². The van der Waals surface area contributed by atoms with Crippen LogP contribution in [0.5, 0.6) is 5.75 Å². The molecule has 0 spiro atoms. The quantitative estimate of drug-likeness (QED) is 0.277. The van der Waals surface area contributed by atoms with Crippen molar-refractivity contribution < 1.29 is 28.0 Å². The third kappa shape index (κ3) is 10.1. The predicted octanol–water partition coefficient (Wildman–Crippen LogP) is 5.35. The Kier molecular flexibility index (Phi) is 11.5. The van der Waals surface area contributed by atoms with Gasteiger partial charge in [0.1, 0.15) is 5.75 Å². The zero-order valence-corrected chi connectivity index (χ0v) is 22.0. The van der Waals surface area contributed by atoms with Crippen molar-refractivity contribution in [3.05, 3.63) is 29.8 Å². The first-order valence-corrected chi connectivity index (χ1v) is 13.9. The van der Waals surface area contributed by atoms with Gasteiger partial charge in [0.25, 0.3) is 6.64 Å². The van der Waals surface area contributed by atoms with Gasteiger partial charge in [0.05, 0.1) is 31.5 Å². The summed E-state index contributed by atoms with van der Waals surface area (Å²) in [5, 5.41) is 3.39. The zero-order chi connectivity index (χ0) is 23.6. The molecule has 0 saturated carbocycles. The lowest BCUT2D eigenvalue weighted by atomic mass is 10.1. The minimum Gasteiger partial charge on any atom is -0.497 e. The third-order valence-electron chi connectivity index (χ3n) is 4.84. The maximum atomic E-state index is 6.13. The molecule has 0 radical (unpaired) electrons. The van der Waals surface area contributed by atoms with Crippen LogP contribution in [0.15, 0.2) is 24.3 Å². The Morgan fingerprint density at radius 2 is 1.91 bits per heavy atom.